The molecule has 0 saturated carbocycles. The van der Waals surface area contributed by atoms with Crippen molar-refractivity contribution in [2.24, 2.45) is 0 Å². The van der Waals surface area contributed by atoms with Gasteiger partial charge in [0, 0.05) is 17.1 Å². The topological polar surface area (TPSA) is 87.7 Å². The first-order chi connectivity index (χ1) is 15.2. The zero-order valence-electron chi connectivity index (χ0n) is 19.3. The molecule has 0 unspecified atom stereocenters. The number of carbonyl (C=O) groups excluding carboxylic acids is 1. The summed E-state index contributed by atoms with van der Waals surface area (Å²) in [5.74, 6) is -1.89. The maximum atomic E-state index is 12.3. The lowest BCUT2D eigenvalue weighted by atomic mass is 9.79. The van der Waals surface area contributed by atoms with E-state index in [-0.39, 0.29) is 23.0 Å². The van der Waals surface area contributed by atoms with Crippen molar-refractivity contribution < 1.29 is 32.6 Å². The summed E-state index contributed by atoms with van der Waals surface area (Å²) in [5.41, 5.74) is 0.0581. The Balaban J connectivity index is 0.000000479. The van der Waals surface area contributed by atoms with Gasteiger partial charge >= 0.3 is 12.1 Å². The van der Waals surface area contributed by atoms with Crippen LogP contribution in [0.15, 0.2) is 42.5 Å². The Labute approximate surface area is 191 Å². The predicted octanol–water partition coefficient (Wildman–Crippen LogP) is 4.67. The first-order valence-electron chi connectivity index (χ1n) is 10.7. The van der Waals surface area contributed by atoms with Crippen molar-refractivity contribution in [3.63, 3.8) is 0 Å². The van der Waals surface area contributed by atoms with Crippen LogP contribution in [0.1, 0.15) is 47.0 Å². The number of halogens is 3. The number of aliphatic carboxylic acids is 1. The normalized spacial score (nSPS) is 17.5. The zero-order valence-corrected chi connectivity index (χ0v) is 19.3. The smallest absolute Gasteiger partial charge is 0.490 e. The van der Waals surface area contributed by atoms with E-state index in [9.17, 15) is 18.0 Å². The molecule has 6 nitrogen and oxygen atoms in total. The third-order valence-corrected chi connectivity index (χ3v) is 5.12. The van der Waals surface area contributed by atoms with Crippen LogP contribution in [0.3, 0.4) is 0 Å². The molecule has 0 atom stereocenters. The first kappa shape index (κ1) is 26.4. The van der Waals surface area contributed by atoms with Crippen LogP contribution in [0.25, 0.3) is 10.8 Å². The lowest BCUT2D eigenvalue weighted by Gasteiger charge is -2.46. The van der Waals surface area contributed by atoms with Gasteiger partial charge in [-0.05, 0) is 63.4 Å². The minimum Gasteiger partial charge on any atom is -0.493 e. The summed E-state index contributed by atoms with van der Waals surface area (Å²) in [6.07, 6.45) is -2.83. The molecule has 0 bridgehead atoms. The Morgan fingerprint density at radius 1 is 1.06 bits per heavy atom. The van der Waals surface area contributed by atoms with E-state index in [0.717, 1.165) is 24.0 Å². The van der Waals surface area contributed by atoms with Crippen LogP contribution in [0.2, 0.25) is 0 Å². The lowest BCUT2D eigenvalue weighted by molar-refractivity contribution is -0.192. The molecular weight excluding hydrogens is 437 g/mol. The second-order valence-corrected chi connectivity index (χ2v) is 9.48. The maximum Gasteiger partial charge on any atom is 0.490 e. The largest absolute Gasteiger partial charge is 0.493 e. The predicted molar refractivity (Wildman–Crippen MR) is 120 cm³/mol. The van der Waals surface area contributed by atoms with Gasteiger partial charge in [0.05, 0.1) is 13.0 Å². The number of hydrogen-bond donors (Lipinski definition) is 3. The standard InChI is InChI=1S/C22H30N2O2.C2HF3O2/c1-21(2)14-18(15-22(3,4)24-21)23-20(25)11-12-26-19-10-9-16-7-5-6-8-17(16)13-19;3-2(4,5)1(6)7/h5-10,13,18,24H,11-12,14-15H2,1-4H3,(H,23,25);(H,6,7). The number of alkyl halides is 3. The fourth-order valence-corrected chi connectivity index (χ4v) is 4.24. The van der Waals surface area contributed by atoms with Gasteiger partial charge in [-0.1, -0.05) is 30.3 Å². The lowest BCUT2D eigenvalue weighted by Crippen LogP contribution is -2.62. The Hall–Kier alpha value is -2.81. The molecule has 3 rings (SSSR count). The number of nitrogens with one attached hydrogen (secondary N) is 2. The Morgan fingerprint density at radius 2 is 1.61 bits per heavy atom. The van der Waals surface area contributed by atoms with Crippen molar-refractivity contribution in [2.45, 2.75) is 70.3 Å². The molecule has 3 N–H and O–H groups in total. The molecule has 0 aliphatic carbocycles. The number of amides is 1. The first-order valence-corrected chi connectivity index (χ1v) is 10.7. The Morgan fingerprint density at radius 3 is 2.15 bits per heavy atom. The third kappa shape index (κ3) is 8.92. The van der Waals surface area contributed by atoms with Gasteiger partial charge in [0.25, 0.3) is 0 Å². The molecule has 2 aromatic rings. The van der Waals surface area contributed by atoms with E-state index >= 15 is 0 Å². The van der Waals surface area contributed by atoms with Crippen LogP contribution in [0, 0.1) is 0 Å². The van der Waals surface area contributed by atoms with Crippen molar-refractivity contribution in [3.8, 4) is 5.75 Å². The van der Waals surface area contributed by atoms with Crippen LogP contribution < -0.4 is 15.4 Å². The van der Waals surface area contributed by atoms with E-state index in [4.69, 9.17) is 14.6 Å². The summed E-state index contributed by atoms with van der Waals surface area (Å²) in [4.78, 5) is 21.2. The number of hydrogen-bond acceptors (Lipinski definition) is 4. The molecule has 0 spiro atoms. The molecule has 0 aromatic heterocycles. The number of carboxylic acid groups (broad SMARTS) is 1. The van der Waals surface area contributed by atoms with E-state index in [1.54, 1.807) is 0 Å². The molecule has 182 valence electrons. The molecule has 0 radical (unpaired) electrons. The molecule has 9 heteroatoms. The minimum absolute atomic E-state index is 0.0291. The molecule has 1 saturated heterocycles. The Kier molecular flexibility index (Phi) is 8.35. The fourth-order valence-electron chi connectivity index (χ4n) is 4.24. The number of fused-ring (bicyclic) bond motifs is 1. The van der Waals surface area contributed by atoms with Gasteiger partial charge in [-0.2, -0.15) is 13.2 Å². The molecular formula is C24H31F3N2O4. The highest BCUT2D eigenvalue weighted by molar-refractivity contribution is 5.83. The summed E-state index contributed by atoms with van der Waals surface area (Å²) >= 11 is 0. The third-order valence-electron chi connectivity index (χ3n) is 5.12. The van der Waals surface area contributed by atoms with Crippen molar-refractivity contribution in [1.82, 2.24) is 10.6 Å². The van der Waals surface area contributed by atoms with Gasteiger partial charge in [-0.3, -0.25) is 4.79 Å². The van der Waals surface area contributed by atoms with Crippen LogP contribution in [-0.2, 0) is 9.59 Å². The number of carbonyl (C=O) groups is 2. The summed E-state index contributed by atoms with van der Waals surface area (Å²) < 4.78 is 37.5. The maximum absolute atomic E-state index is 12.3. The molecule has 1 amide bonds. The van der Waals surface area contributed by atoms with Crippen molar-refractivity contribution in [1.29, 1.82) is 0 Å². The second kappa shape index (κ2) is 10.4. The second-order valence-electron chi connectivity index (χ2n) is 9.48. The number of carboxylic acids is 1. The molecule has 1 heterocycles. The monoisotopic (exact) mass is 468 g/mol. The van der Waals surface area contributed by atoms with Gasteiger partial charge in [0.1, 0.15) is 5.75 Å². The number of benzene rings is 2. The molecule has 1 aliphatic rings. The zero-order chi connectivity index (χ0) is 24.9. The van der Waals surface area contributed by atoms with Gasteiger partial charge in [-0.15, -0.1) is 0 Å². The van der Waals surface area contributed by atoms with Gasteiger partial charge in [0.2, 0.25) is 5.91 Å². The number of piperidine rings is 1. The summed E-state index contributed by atoms with van der Waals surface area (Å²) in [6.45, 7) is 9.15. The van der Waals surface area contributed by atoms with E-state index in [0.29, 0.717) is 13.0 Å². The summed E-state index contributed by atoms with van der Waals surface area (Å²) in [6, 6.07) is 14.4. The minimum atomic E-state index is -5.08. The fraction of sp³-hybridized carbons (Fsp3) is 0.500. The average molecular weight is 469 g/mol. The van der Waals surface area contributed by atoms with Gasteiger partial charge in [0.15, 0.2) is 0 Å². The molecule has 2 aromatic carbocycles. The number of ether oxygens (including phenoxy) is 1. The van der Waals surface area contributed by atoms with Crippen LogP contribution in [-0.4, -0.2) is 46.9 Å². The van der Waals surface area contributed by atoms with Gasteiger partial charge < -0.3 is 20.5 Å². The SMILES string of the molecule is CC1(C)CC(NC(=O)CCOc2ccc3ccccc3c2)CC(C)(C)N1.O=C(O)C(F)(F)F. The van der Waals surface area contributed by atoms with Crippen molar-refractivity contribution in [3.05, 3.63) is 42.5 Å². The van der Waals surface area contributed by atoms with Crippen molar-refractivity contribution >= 4 is 22.6 Å². The molecule has 1 aliphatic heterocycles. The molecule has 1 fully saturated rings. The van der Waals surface area contributed by atoms with Crippen LogP contribution in [0.5, 0.6) is 5.75 Å². The number of rotatable bonds is 5. The highest BCUT2D eigenvalue weighted by Crippen LogP contribution is 2.28. The van der Waals surface area contributed by atoms with Crippen molar-refractivity contribution in [2.75, 3.05) is 6.61 Å². The highest BCUT2D eigenvalue weighted by atomic mass is 19.4. The average Bonchev–Trinajstić information content (AvgIpc) is 2.65. The summed E-state index contributed by atoms with van der Waals surface area (Å²) in [7, 11) is 0. The summed E-state index contributed by atoms with van der Waals surface area (Å²) in [5, 5.41) is 16.3. The van der Waals surface area contributed by atoms with E-state index in [2.05, 4.69) is 50.5 Å². The van der Waals surface area contributed by atoms with E-state index in [1.165, 1.54) is 5.39 Å². The molecule has 33 heavy (non-hydrogen) atoms. The highest BCUT2D eigenvalue weighted by Gasteiger charge is 2.38. The Bertz CT molecular complexity index is 958. The van der Waals surface area contributed by atoms with E-state index in [1.807, 2.05) is 30.3 Å². The van der Waals surface area contributed by atoms with Gasteiger partial charge in [-0.25, -0.2) is 4.79 Å². The van der Waals surface area contributed by atoms with Crippen LogP contribution in [0.4, 0.5) is 13.2 Å². The van der Waals surface area contributed by atoms with Crippen LogP contribution >= 0.6 is 0 Å². The van der Waals surface area contributed by atoms with E-state index < -0.39 is 12.1 Å². The quantitative estimate of drug-likeness (QED) is 0.594.